The van der Waals surface area contributed by atoms with Crippen molar-refractivity contribution in [1.82, 2.24) is 15.3 Å². The molecule has 0 bridgehead atoms. The summed E-state index contributed by atoms with van der Waals surface area (Å²) in [7, 11) is 3.11. The Morgan fingerprint density at radius 2 is 1.74 bits per heavy atom. The van der Waals surface area contributed by atoms with E-state index in [0.717, 1.165) is 11.1 Å². The van der Waals surface area contributed by atoms with Crippen molar-refractivity contribution in [3.8, 4) is 5.88 Å². The Morgan fingerprint density at radius 3 is 2.43 bits per heavy atom. The Hall–Kier alpha value is -4.46. The van der Waals surface area contributed by atoms with E-state index in [1.54, 1.807) is 32.2 Å². The van der Waals surface area contributed by atoms with Crippen LogP contribution >= 0.6 is 0 Å². The topological polar surface area (TPSA) is 104 Å². The van der Waals surface area contributed by atoms with Crippen LogP contribution in [0, 0.1) is 6.92 Å². The van der Waals surface area contributed by atoms with Crippen molar-refractivity contribution in [3.63, 3.8) is 0 Å². The van der Waals surface area contributed by atoms with Crippen LogP contribution in [0.3, 0.4) is 0 Å². The number of methoxy groups -OCH3 is 1. The second-order valence-electron chi connectivity index (χ2n) is 8.17. The molecule has 0 radical (unpaired) electrons. The molecule has 0 aliphatic heterocycles. The van der Waals surface area contributed by atoms with Gasteiger partial charge < -0.3 is 19.9 Å². The molecule has 0 aliphatic carbocycles. The van der Waals surface area contributed by atoms with E-state index in [2.05, 4.69) is 15.3 Å². The van der Waals surface area contributed by atoms with Crippen molar-refractivity contribution in [1.29, 1.82) is 0 Å². The molecule has 0 spiro atoms. The second kappa shape index (κ2) is 10.2. The summed E-state index contributed by atoms with van der Waals surface area (Å²) in [5.74, 6) is -1.49. The number of likely N-dealkylation sites (N-methyl/N-ethyl adjacent to an activating group) is 1. The molecule has 0 unspecified atom stereocenters. The summed E-state index contributed by atoms with van der Waals surface area (Å²) in [6, 6.07) is 19.0. The lowest BCUT2D eigenvalue weighted by molar-refractivity contribution is -0.125. The molecule has 0 saturated carbocycles. The molecular weight excluding hydrogens is 444 g/mol. The van der Waals surface area contributed by atoms with Gasteiger partial charge in [0.25, 0.3) is 11.7 Å². The molecule has 8 nitrogen and oxygen atoms in total. The standard InChI is InChI=1S/C27H26N4O4/c1-17-24(20-11-7-8-12-21(20)29-17)25(32)26(33)30-22(15-18-9-5-4-6-10-18)27(34)31(2)19-13-14-23(35-3)28-16-19/h4-14,16,22,29H,15H2,1-3H3,(H,30,33)/t22-/m0/s1. The highest BCUT2D eigenvalue weighted by Crippen LogP contribution is 2.23. The lowest BCUT2D eigenvalue weighted by atomic mass is 10.0. The third-order valence-electron chi connectivity index (χ3n) is 5.86. The number of carbonyl (C=O) groups is 3. The molecule has 0 aliphatic rings. The lowest BCUT2D eigenvalue weighted by Crippen LogP contribution is -2.50. The van der Waals surface area contributed by atoms with E-state index in [1.165, 1.54) is 18.2 Å². The summed E-state index contributed by atoms with van der Waals surface area (Å²) in [5, 5.41) is 3.34. The van der Waals surface area contributed by atoms with Gasteiger partial charge in [0.15, 0.2) is 0 Å². The highest BCUT2D eigenvalue weighted by molar-refractivity contribution is 6.45. The molecule has 1 atom stereocenters. The second-order valence-corrected chi connectivity index (χ2v) is 8.17. The Labute approximate surface area is 202 Å². The van der Waals surface area contributed by atoms with Crippen molar-refractivity contribution in [2.45, 2.75) is 19.4 Å². The fourth-order valence-electron chi connectivity index (χ4n) is 4.01. The van der Waals surface area contributed by atoms with Gasteiger partial charge in [0.05, 0.1) is 24.6 Å². The number of hydrogen-bond donors (Lipinski definition) is 2. The largest absolute Gasteiger partial charge is 0.481 e. The zero-order valence-corrected chi connectivity index (χ0v) is 19.7. The minimum atomic E-state index is -0.966. The average Bonchev–Trinajstić information content (AvgIpc) is 3.23. The zero-order valence-electron chi connectivity index (χ0n) is 19.7. The summed E-state index contributed by atoms with van der Waals surface area (Å²) in [6.07, 6.45) is 1.73. The molecule has 4 rings (SSSR count). The average molecular weight is 471 g/mol. The number of carbonyl (C=O) groups excluding carboxylic acids is 3. The quantitative estimate of drug-likeness (QED) is 0.303. The van der Waals surface area contributed by atoms with Crippen LogP contribution in [0.25, 0.3) is 10.9 Å². The van der Waals surface area contributed by atoms with Gasteiger partial charge >= 0.3 is 0 Å². The molecule has 0 saturated heterocycles. The molecule has 2 amide bonds. The summed E-state index contributed by atoms with van der Waals surface area (Å²) in [6.45, 7) is 1.75. The highest BCUT2D eigenvalue weighted by Gasteiger charge is 2.30. The van der Waals surface area contributed by atoms with Gasteiger partial charge in [-0.2, -0.15) is 0 Å². The maximum atomic E-state index is 13.5. The molecule has 35 heavy (non-hydrogen) atoms. The van der Waals surface area contributed by atoms with E-state index < -0.39 is 17.7 Å². The van der Waals surface area contributed by atoms with Gasteiger partial charge in [0.1, 0.15) is 6.04 Å². The number of nitrogens with zero attached hydrogens (tertiary/aromatic N) is 2. The predicted octanol–water partition coefficient (Wildman–Crippen LogP) is 3.45. The van der Waals surface area contributed by atoms with Crippen molar-refractivity contribution in [2.75, 3.05) is 19.1 Å². The highest BCUT2D eigenvalue weighted by atomic mass is 16.5. The van der Waals surface area contributed by atoms with E-state index in [-0.39, 0.29) is 12.3 Å². The smallest absolute Gasteiger partial charge is 0.293 e. The van der Waals surface area contributed by atoms with Gasteiger partial charge in [-0.05, 0) is 24.6 Å². The predicted molar refractivity (Wildman–Crippen MR) is 134 cm³/mol. The number of amides is 2. The maximum Gasteiger partial charge on any atom is 0.293 e. The van der Waals surface area contributed by atoms with Crippen LogP contribution in [-0.4, -0.2) is 47.8 Å². The van der Waals surface area contributed by atoms with Crippen LogP contribution in [0.5, 0.6) is 5.88 Å². The number of hydrogen-bond acceptors (Lipinski definition) is 5. The minimum Gasteiger partial charge on any atom is -0.481 e. The van der Waals surface area contributed by atoms with E-state index in [9.17, 15) is 14.4 Å². The number of anilines is 1. The molecule has 2 heterocycles. The number of aryl methyl sites for hydroxylation is 1. The Morgan fingerprint density at radius 1 is 1.03 bits per heavy atom. The first-order valence-electron chi connectivity index (χ1n) is 11.1. The summed E-state index contributed by atoms with van der Waals surface area (Å²) >= 11 is 0. The lowest BCUT2D eigenvalue weighted by Gasteiger charge is -2.24. The van der Waals surface area contributed by atoms with Gasteiger partial charge in [-0.15, -0.1) is 0 Å². The Kier molecular flexibility index (Phi) is 6.91. The minimum absolute atomic E-state index is 0.222. The van der Waals surface area contributed by atoms with Crippen LogP contribution in [-0.2, 0) is 16.0 Å². The van der Waals surface area contributed by atoms with Crippen LogP contribution < -0.4 is 15.0 Å². The Bertz CT molecular complexity index is 1360. The summed E-state index contributed by atoms with van der Waals surface area (Å²) in [5.41, 5.74) is 3.05. The third kappa shape index (κ3) is 5.06. The molecule has 8 heteroatoms. The number of fused-ring (bicyclic) bond motifs is 1. The van der Waals surface area contributed by atoms with Gasteiger partial charge in [-0.25, -0.2) is 4.98 Å². The van der Waals surface area contributed by atoms with E-state index >= 15 is 0 Å². The number of H-pyrrole nitrogens is 1. The zero-order chi connectivity index (χ0) is 24.9. The number of Topliss-reactive ketones (excluding diaryl/α,β-unsaturated/α-hetero) is 1. The first-order valence-corrected chi connectivity index (χ1v) is 11.1. The van der Waals surface area contributed by atoms with Crippen molar-refractivity contribution in [2.24, 2.45) is 0 Å². The number of pyridine rings is 1. The normalized spacial score (nSPS) is 11.6. The van der Waals surface area contributed by atoms with Crippen LogP contribution in [0.4, 0.5) is 5.69 Å². The van der Waals surface area contributed by atoms with Gasteiger partial charge in [0.2, 0.25) is 11.8 Å². The molecule has 178 valence electrons. The van der Waals surface area contributed by atoms with E-state index in [0.29, 0.717) is 28.2 Å². The van der Waals surface area contributed by atoms with E-state index in [4.69, 9.17) is 4.74 Å². The fraction of sp³-hybridized carbons (Fsp3) is 0.185. The molecule has 0 fully saturated rings. The number of aromatic amines is 1. The fourth-order valence-corrected chi connectivity index (χ4v) is 4.01. The monoisotopic (exact) mass is 470 g/mol. The van der Waals surface area contributed by atoms with Crippen LogP contribution in [0.15, 0.2) is 72.9 Å². The van der Waals surface area contributed by atoms with Crippen LogP contribution in [0.1, 0.15) is 21.6 Å². The van der Waals surface area contributed by atoms with Crippen molar-refractivity contribution >= 4 is 34.2 Å². The number of aromatic nitrogens is 2. The molecule has 2 aromatic heterocycles. The molecule has 4 aromatic rings. The first kappa shape index (κ1) is 23.7. The van der Waals surface area contributed by atoms with Gasteiger partial charge in [-0.1, -0.05) is 48.5 Å². The van der Waals surface area contributed by atoms with Crippen molar-refractivity contribution < 1.29 is 19.1 Å². The van der Waals surface area contributed by atoms with Gasteiger partial charge in [0, 0.05) is 36.1 Å². The number of para-hydroxylation sites is 1. The van der Waals surface area contributed by atoms with Crippen molar-refractivity contribution in [3.05, 3.63) is 89.7 Å². The van der Waals surface area contributed by atoms with Crippen LogP contribution in [0.2, 0.25) is 0 Å². The number of rotatable bonds is 8. The molecule has 2 N–H and O–H groups in total. The maximum absolute atomic E-state index is 13.5. The SMILES string of the molecule is COc1ccc(N(C)C(=O)[C@H](Cc2ccccc2)NC(=O)C(=O)c2c(C)[nH]c3ccccc23)cn1. The number of benzene rings is 2. The first-order chi connectivity index (χ1) is 16.9. The number of ketones is 1. The Balaban J connectivity index is 1.60. The van der Waals surface area contributed by atoms with Gasteiger partial charge in [-0.3, -0.25) is 14.4 Å². The van der Waals surface area contributed by atoms with E-state index in [1.807, 2.05) is 48.5 Å². The summed E-state index contributed by atoms with van der Waals surface area (Å²) < 4.78 is 5.08. The molecule has 2 aromatic carbocycles. The number of ether oxygens (including phenoxy) is 1. The molecular formula is C27H26N4O4. The third-order valence-corrected chi connectivity index (χ3v) is 5.86. The number of nitrogens with one attached hydrogen (secondary N) is 2. The summed E-state index contributed by atoms with van der Waals surface area (Å²) in [4.78, 5) is 48.4.